The van der Waals surface area contributed by atoms with Gasteiger partial charge >= 0.3 is 0 Å². The molecule has 0 saturated heterocycles. The highest BCUT2D eigenvalue weighted by Gasteiger charge is 2.26. The van der Waals surface area contributed by atoms with Crippen LogP contribution in [-0.4, -0.2) is 56.0 Å². The summed E-state index contributed by atoms with van der Waals surface area (Å²) in [5.41, 5.74) is 2.85. The highest BCUT2D eigenvalue weighted by molar-refractivity contribution is 5.75. The van der Waals surface area contributed by atoms with Crippen LogP contribution in [0.4, 0.5) is 5.95 Å². The van der Waals surface area contributed by atoms with Crippen molar-refractivity contribution in [3.63, 3.8) is 0 Å². The number of benzene rings is 1. The van der Waals surface area contributed by atoms with E-state index in [1.807, 2.05) is 15.5 Å². The van der Waals surface area contributed by atoms with Crippen molar-refractivity contribution in [1.82, 2.24) is 29.4 Å². The van der Waals surface area contributed by atoms with E-state index in [0.717, 1.165) is 16.7 Å². The van der Waals surface area contributed by atoms with Crippen LogP contribution in [0.1, 0.15) is 23.1 Å². The minimum absolute atomic E-state index is 0.00179. The van der Waals surface area contributed by atoms with Gasteiger partial charge in [0.1, 0.15) is 0 Å². The maximum absolute atomic E-state index is 12.4. The predicted molar refractivity (Wildman–Crippen MR) is 118 cm³/mol. The SMILES string of the molecule is CN(C)C(=O)CCn1c(-c2cccc(C#N)c2)nnc1N1CCc2c(cnn(C)c2=O)C1. The Morgan fingerprint density at radius 2 is 2.09 bits per heavy atom. The fourth-order valence-electron chi connectivity index (χ4n) is 3.83. The van der Waals surface area contributed by atoms with Crippen LogP contribution in [0.3, 0.4) is 0 Å². The highest BCUT2D eigenvalue weighted by Crippen LogP contribution is 2.27. The highest BCUT2D eigenvalue weighted by atomic mass is 16.2. The summed E-state index contributed by atoms with van der Waals surface area (Å²) in [7, 11) is 5.10. The van der Waals surface area contributed by atoms with Gasteiger partial charge in [0.2, 0.25) is 11.9 Å². The minimum atomic E-state index is -0.0748. The minimum Gasteiger partial charge on any atom is -0.349 e. The third-order valence-corrected chi connectivity index (χ3v) is 5.63. The molecule has 10 nitrogen and oxygen atoms in total. The molecule has 164 valence electrons. The first-order valence-corrected chi connectivity index (χ1v) is 10.3. The Hall–Kier alpha value is -4.00. The predicted octanol–water partition coefficient (Wildman–Crippen LogP) is 0.951. The zero-order chi connectivity index (χ0) is 22.8. The molecule has 1 amide bonds. The summed E-state index contributed by atoms with van der Waals surface area (Å²) in [6.07, 6.45) is 2.58. The van der Waals surface area contributed by atoms with Gasteiger partial charge in [0.25, 0.3) is 5.56 Å². The average molecular weight is 432 g/mol. The first-order chi connectivity index (χ1) is 15.4. The van der Waals surface area contributed by atoms with Crippen molar-refractivity contribution < 1.29 is 4.79 Å². The lowest BCUT2D eigenvalue weighted by molar-refractivity contribution is -0.128. The van der Waals surface area contributed by atoms with E-state index in [0.29, 0.717) is 43.4 Å². The van der Waals surface area contributed by atoms with Crippen molar-refractivity contribution in [3.8, 4) is 17.5 Å². The number of rotatable bonds is 5. The van der Waals surface area contributed by atoms with Crippen molar-refractivity contribution in [2.75, 3.05) is 25.5 Å². The maximum atomic E-state index is 12.4. The van der Waals surface area contributed by atoms with Crippen LogP contribution in [0.2, 0.25) is 0 Å². The molecule has 3 aromatic rings. The summed E-state index contributed by atoms with van der Waals surface area (Å²) in [4.78, 5) is 28.3. The first-order valence-electron chi connectivity index (χ1n) is 10.3. The molecule has 10 heteroatoms. The molecule has 2 aromatic heterocycles. The zero-order valence-corrected chi connectivity index (χ0v) is 18.3. The van der Waals surface area contributed by atoms with Gasteiger partial charge in [0, 0.05) is 63.9 Å². The normalized spacial score (nSPS) is 12.9. The lowest BCUT2D eigenvalue weighted by Crippen LogP contribution is -2.38. The van der Waals surface area contributed by atoms with E-state index in [-0.39, 0.29) is 17.9 Å². The van der Waals surface area contributed by atoms with Gasteiger partial charge in [-0.05, 0) is 18.6 Å². The molecular weight excluding hydrogens is 408 g/mol. The smallest absolute Gasteiger partial charge is 0.270 e. The van der Waals surface area contributed by atoms with Gasteiger partial charge in [-0.25, -0.2) is 4.68 Å². The Bertz CT molecular complexity index is 1270. The van der Waals surface area contributed by atoms with Gasteiger partial charge < -0.3 is 9.80 Å². The van der Waals surface area contributed by atoms with E-state index in [1.54, 1.807) is 50.4 Å². The van der Waals surface area contributed by atoms with E-state index in [1.165, 1.54) is 4.68 Å². The van der Waals surface area contributed by atoms with E-state index in [2.05, 4.69) is 21.4 Å². The molecule has 0 spiro atoms. The van der Waals surface area contributed by atoms with Gasteiger partial charge in [-0.2, -0.15) is 10.4 Å². The maximum Gasteiger partial charge on any atom is 0.270 e. The molecule has 4 rings (SSSR count). The molecule has 1 aromatic carbocycles. The van der Waals surface area contributed by atoms with E-state index < -0.39 is 0 Å². The Labute approximate surface area is 185 Å². The lowest BCUT2D eigenvalue weighted by Gasteiger charge is -2.29. The van der Waals surface area contributed by atoms with Crippen molar-refractivity contribution >= 4 is 11.9 Å². The number of hydrogen-bond donors (Lipinski definition) is 0. The summed E-state index contributed by atoms with van der Waals surface area (Å²) in [6, 6.07) is 9.31. The Kier molecular flexibility index (Phi) is 5.73. The van der Waals surface area contributed by atoms with Gasteiger partial charge in [0.15, 0.2) is 5.82 Å². The first kappa shape index (κ1) is 21.2. The van der Waals surface area contributed by atoms with Crippen LogP contribution in [0, 0.1) is 11.3 Å². The molecule has 0 N–H and O–H groups in total. The van der Waals surface area contributed by atoms with Gasteiger partial charge in [-0.1, -0.05) is 12.1 Å². The number of fused-ring (bicyclic) bond motifs is 1. The third-order valence-electron chi connectivity index (χ3n) is 5.63. The van der Waals surface area contributed by atoms with Gasteiger partial charge in [-0.3, -0.25) is 14.2 Å². The van der Waals surface area contributed by atoms with Crippen molar-refractivity contribution in [2.45, 2.75) is 25.9 Å². The fourth-order valence-corrected chi connectivity index (χ4v) is 3.83. The number of aryl methyl sites for hydroxylation is 1. The van der Waals surface area contributed by atoms with Gasteiger partial charge in [0.05, 0.1) is 17.8 Å². The number of nitrogens with zero attached hydrogens (tertiary/aromatic N) is 8. The molecule has 0 unspecified atom stereocenters. The molecule has 0 atom stereocenters. The van der Waals surface area contributed by atoms with Crippen molar-refractivity contribution in [1.29, 1.82) is 5.26 Å². The molecule has 0 fully saturated rings. The average Bonchev–Trinajstić information content (AvgIpc) is 3.23. The van der Waals surface area contributed by atoms with Crippen LogP contribution in [0.25, 0.3) is 11.4 Å². The summed E-state index contributed by atoms with van der Waals surface area (Å²) in [5.74, 6) is 1.22. The number of hydrogen-bond acceptors (Lipinski definition) is 7. The Morgan fingerprint density at radius 1 is 1.28 bits per heavy atom. The number of anilines is 1. The quantitative estimate of drug-likeness (QED) is 0.590. The van der Waals surface area contributed by atoms with Crippen LogP contribution < -0.4 is 10.5 Å². The molecule has 0 radical (unpaired) electrons. The van der Waals surface area contributed by atoms with E-state index in [9.17, 15) is 14.9 Å². The molecule has 3 heterocycles. The monoisotopic (exact) mass is 432 g/mol. The second-order valence-corrected chi connectivity index (χ2v) is 7.95. The van der Waals surface area contributed by atoms with E-state index >= 15 is 0 Å². The molecule has 1 aliphatic rings. The molecular formula is C22H24N8O2. The van der Waals surface area contributed by atoms with Crippen LogP contribution in [0.5, 0.6) is 0 Å². The number of nitriles is 1. The number of aromatic nitrogens is 5. The summed E-state index contributed by atoms with van der Waals surface area (Å²) >= 11 is 0. The Balaban J connectivity index is 1.72. The molecule has 32 heavy (non-hydrogen) atoms. The van der Waals surface area contributed by atoms with Crippen molar-refractivity contribution in [2.24, 2.45) is 7.05 Å². The molecule has 0 saturated carbocycles. The Morgan fingerprint density at radius 3 is 2.84 bits per heavy atom. The summed E-state index contributed by atoms with van der Waals surface area (Å²) in [6.45, 7) is 1.48. The van der Waals surface area contributed by atoms with E-state index in [4.69, 9.17) is 0 Å². The van der Waals surface area contributed by atoms with Gasteiger partial charge in [-0.15, -0.1) is 10.2 Å². The molecule has 1 aliphatic heterocycles. The number of carbonyl (C=O) groups excluding carboxylic acids is 1. The second-order valence-electron chi connectivity index (χ2n) is 7.95. The summed E-state index contributed by atoms with van der Waals surface area (Å²) in [5, 5.41) is 22.3. The largest absolute Gasteiger partial charge is 0.349 e. The van der Waals surface area contributed by atoms with Crippen LogP contribution in [0.15, 0.2) is 35.3 Å². The van der Waals surface area contributed by atoms with Crippen LogP contribution in [-0.2, 0) is 31.4 Å². The second kappa shape index (κ2) is 8.63. The standard InChI is InChI=1S/C22H24N8O2/c1-27(2)19(31)8-10-30-20(16-6-4-5-15(11-16)12-23)25-26-22(30)29-9-7-18-17(14-29)13-24-28(3)21(18)32/h4-6,11,13H,7-10,14H2,1-3H3. The molecule has 0 aliphatic carbocycles. The fraction of sp³-hybridized carbons (Fsp3) is 0.364. The topological polar surface area (TPSA) is 113 Å². The zero-order valence-electron chi connectivity index (χ0n) is 18.3. The third kappa shape index (κ3) is 3.97. The summed E-state index contributed by atoms with van der Waals surface area (Å²) < 4.78 is 3.27. The van der Waals surface area contributed by atoms with Crippen LogP contribution >= 0.6 is 0 Å². The number of amides is 1. The molecule has 0 bridgehead atoms. The lowest BCUT2D eigenvalue weighted by atomic mass is 10.0. The number of carbonyl (C=O) groups is 1. The van der Waals surface area contributed by atoms with Crippen molar-refractivity contribution in [3.05, 3.63) is 57.5 Å².